The second-order valence-corrected chi connectivity index (χ2v) is 5.61. The van der Waals surface area contributed by atoms with Gasteiger partial charge in [-0.2, -0.15) is 0 Å². The van der Waals surface area contributed by atoms with Gasteiger partial charge in [0, 0.05) is 12.1 Å². The molecule has 18 heavy (non-hydrogen) atoms. The quantitative estimate of drug-likeness (QED) is 0.627. The number of hydrogen-bond acceptors (Lipinski definition) is 4. The zero-order valence-electron chi connectivity index (χ0n) is 11.1. The minimum absolute atomic E-state index is 0.0624. The van der Waals surface area contributed by atoms with Gasteiger partial charge in [-0.3, -0.25) is 9.59 Å². The second-order valence-electron chi connectivity index (χ2n) is 4.64. The maximum absolute atomic E-state index is 11.5. The van der Waals surface area contributed by atoms with Gasteiger partial charge in [-0.1, -0.05) is 25.6 Å². The number of amides is 1. The van der Waals surface area contributed by atoms with Crippen LogP contribution < -0.4 is 10.9 Å². The molecule has 0 aliphatic heterocycles. The van der Waals surface area contributed by atoms with Crippen molar-refractivity contribution in [1.29, 1.82) is 0 Å². The predicted octanol–water partition coefficient (Wildman–Crippen LogP) is 1.51. The Morgan fingerprint density at radius 1 is 1.44 bits per heavy atom. The summed E-state index contributed by atoms with van der Waals surface area (Å²) >= 11 is 1.24. The predicted molar refractivity (Wildman–Crippen MR) is 72.9 cm³/mol. The Kier molecular flexibility index (Phi) is 5.40. The highest BCUT2D eigenvalue weighted by Gasteiger charge is 2.08. The van der Waals surface area contributed by atoms with Crippen molar-refractivity contribution in [2.24, 2.45) is 0 Å². The lowest BCUT2D eigenvalue weighted by atomic mass is 10.1. The number of aromatic amines is 1. The second kappa shape index (κ2) is 6.58. The molecule has 1 heterocycles. The van der Waals surface area contributed by atoms with Crippen LogP contribution in [0.3, 0.4) is 0 Å². The Morgan fingerprint density at radius 2 is 2.11 bits per heavy atom. The van der Waals surface area contributed by atoms with Gasteiger partial charge in [-0.05, 0) is 19.8 Å². The summed E-state index contributed by atoms with van der Waals surface area (Å²) in [5.41, 5.74) is 0.561. The van der Waals surface area contributed by atoms with Crippen LogP contribution in [0.2, 0.25) is 0 Å². The van der Waals surface area contributed by atoms with Crippen molar-refractivity contribution in [2.45, 2.75) is 44.8 Å². The van der Waals surface area contributed by atoms with Crippen LogP contribution in [0.1, 0.15) is 39.3 Å². The van der Waals surface area contributed by atoms with Gasteiger partial charge in [0.25, 0.3) is 5.56 Å². The number of hydrogen-bond donors (Lipinski definition) is 2. The summed E-state index contributed by atoms with van der Waals surface area (Å²) in [5.74, 6) is 0.381. The average molecular weight is 269 g/mol. The summed E-state index contributed by atoms with van der Waals surface area (Å²) in [7, 11) is 0. The Bertz CT molecular complexity index is 469. The van der Waals surface area contributed by atoms with E-state index in [2.05, 4.69) is 15.3 Å². The van der Waals surface area contributed by atoms with Gasteiger partial charge in [0.05, 0.1) is 11.4 Å². The third kappa shape index (κ3) is 4.91. The van der Waals surface area contributed by atoms with E-state index in [1.807, 2.05) is 27.7 Å². The van der Waals surface area contributed by atoms with Gasteiger partial charge in [0.15, 0.2) is 5.16 Å². The van der Waals surface area contributed by atoms with Crippen LogP contribution in [0, 0.1) is 0 Å². The Morgan fingerprint density at radius 3 is 2.67 bits per heavy atom. The summed E-state index contributed by atoms with van der Waals surface area (Å²) in [5, 5.41) is 3.28. The summed E-state index contributed by atoms with van der Waals surface area (Å²) in [6.45, 7) is 7.76. The number of nitrogens with zero attached hydrogens (tertiary/aromatic N) is 1. The topological polar surface area (TPSA) is 74.8 Å². The molecule has 0 unspecified atom stereocenters. The number of aromatic nitrogens is 2. The highest BCUT2D eigenvalue weighted by molar-refractivity contribution is 7.99. The van der Waals surface area contributed by atoms with Crippen LogP contribution in [-0.4, -0.2) is 27.7 Å². The molecule has 1 amide bonds. The third-order valence-corrected chi connectivity index (χ3v) is 2.99. The van der Waals surface area contributed by atoms with Crippen molar-refractivity contribution >= 4 is 17.7 Å². The van der Waals surface area contributed by atoms with E-state index in [1.165, 1.54) is 17.8 Å². The van der Waals surface area contributed by atoms with E-state index in [0.717, 1.165) is 5.69 Å². The van der Waals surface area contributed by atoms with E-state index in [4.69, 9.17) is 0 Å². The number of thioether (sulfide) groups is 1. The summed E-state index contributed by atoms with van der Waals surface area (Å²) in [6, 6.07) is 1.61. The monoisotopic (exact) mass is 269 g/mol. The van der Waals surface area contributed by atoms with Crippen LogP contribution in [0.15, 0.2) is 16.0 Å². The summed E-state index contributed by atoms with van der Waals surface area (Å²) in [6.07, 6.45) is 0. The maximum atomic E-state index is 11.5. The lowest BCUT2D eigenvalue weighted by Crippen LogP contribution is -2.31. The Balaban J connectivity index is 2.68. The molecule has 0 radical (unpaired) electrons. The SMILES string of the molecule is CC(C)NC(=O)CSc1nc(C(C)C)cc(=O)[nH]1. The highest BCUT2D eigenvalue weighted by Crippen LogP contribution is 2.15. The average Bonchev–Trinajstić information content (AvgIpc) is 2.24. The number of carbonyl (C=O) groups is 1. The molecule has 1 rings (SSSR count). The van der Waals surface area contributed by atoms with E-state index < -0.39 is 0 Å². The molecule has 0 atom stereocenters. The molecule has 0 aromatic carbocycles. The number of carbonyl (C=O) groups excluding carboxylic acids is 1. The van der Waals surface area contributed by atoms with Gasteiger partial charge in [0.1, 0.15) is 0 Å². The fraction of sp³-hybridized carbons (Fsp3) is 0.583. The van der Waals surface area contributed by atoms with Gasteiger partial charge >= 0.3 is 0 Å². The molecule has 0 bridgehead atoms. The lowest BCUT2D eigenvalue weighted by molar-refractivity contribution is -0.119. The number of rotatable bonds is 5. The molecule has 0 aliphatic rings. The molecule has 0 spiro atoms. The fourth-order valence-electron chi connectivity index (χ4n) is 1.31. The maximum Gasteiger partial charge on any atom is 0.251 e. The van der Waals surface area contributed by atoms with Crippen molar-refractivity contribution in [3.05, 3.63) is 22.1 Å². The van der Waals surface area contributed by atoms with E-state index in [1.54, 1.807) is 0 Å². The van der Waals surface area contributed by atoms with Crippen LogP contribution >= 0.6 is 11.8 Å². The zero-order valence-corrected chi connectivity index (χ0v) is 11.9. The molecule has 6 heteroatoms. The van der Waals surface area contributed by atoms with E-state index in [9.17, 15) is 9.59 Å². The van der Waals surface area contributed by atoms with Crippen molar-refractivity contribution < 1.29 is 4.79 Å². The van der Waals surface area contributed by atoms with Crippen molar-refractivity contribution in [2.75, 3.05) is 5.75 Å². The lowest BCUT2D eigenvalue weighted by Gasteiger charge is -2.08. The molecule has 0 saturated heterocycles. The molecule has 0 aliphatic carbocycles. The fourth-order valence-corrected chi connectivity index (χ4v) is 2.01. The van der Waals surface area contributed by atoms with Crippen LogP contribution in [0.4, 0.5) is 0 Å². The molecule has 100 valence electrons. The Labute approximate surface area is 111 Å². The molecular formula is C12H19N3O2S. The summed E-state index contributed by atoms with van der Waals surface area (Å²) in [4.78, 5) is 29.8. The van der Waals surface area contributed by atoms with E-state index in [0.29, 0.717) is 5.16 Å². The minimum Gasteiger partial charge on any atom is -0.353 e. The first kappa shape index (κ1) is 14.8. The first-order chi connectivity index (χ1) is 8.38. The molecule has 0 fully saturated rings. The van der Waals surface area contributed by atoms with Crippen LogP contribution in [0.5, 0.6) is 0 Å². The zero-order chi connectivity index (χ0) is 13.7. The van der Waals surface area contributed by atoms with Crippen LogP contribution in [-0.2, 0) is 4.79 Å². The van der Waals surface area contributed by atoms with Crippen molar-refractivity contribution in [1.82, 2.24) is 15.3 Å². The molecule has 0 saturated carbocycles. The largest absolute Gasteiger partial charge is 0.353 e. The number of H-pyrrole nitrogens is 1. The van der Waals surface area contributed by atoms with Crippen molar-refractivity contribution in [3.63, 3.8) is 0 Å². The molecule has 5 nitrogen and oxygen atoms in total. The first-order valence-electron chi connectivity index (χ1n) is 5.92. The molecular weight excluding hydrogens is 250 g/mol. The van der Waals surface area contributed by atoms with E-state index >= 15 is 0 Å². The highest BCUT2D eigenvalue weighted by atomic mass is 32.2. The smallest absolute Gasteiger partial charge is 0.251 e. The van der Waals surface area contributed by atoms with Crippen molar-refractivity contribution in [3.8, 4) is 0 Å². The Hall–Kier alpha value is -1.30. The van der Waals surface area contributed by atoms with Gasteiger partial charge in [-0.25, -0.2) is 4.98 Å². The third-order valence-electron chi connectivity index (χ3n) is 2.12. The molecule has 1 aromatic heterocycles. The minimum atomic E-state index is -0.180. The van der Waals surface area contributed by atoms with Gasteiger partial charge < -0.3 is 10.3 Å². The van der Waals surface area contributed by atoms with Gasteiger partial charge in [-0.15, -0.1) is 0 Å². The van der Waals surface area contributed by atoms with Crippen LogP contribution in [0.25, 0.3) is 0 Å². The molecule has 2 N–H and O–H groups in total. The normalized spacial score (nSPS) is 11.0. The number of nitrogens with one attached hydrogen (secondary N) is 2. The van der Waals surface area contributed by atoms with E-state index in [-0.39, 0.29) is 29.2 Å². The van der Waals surface area contributed by atoms with Gasteiger partial charge in [0.2, 0.25) is 5.91 Å². The summed E-state index contributed by atoms with van der Waals surface area (Å²) < 4.78 is 0. The first-order valence-corrected chi connectivity index (χ1v) is 6.90. The standard InChI is InChI=1S/C12H19N3O2S/c1-7(2)9-5-10(16)15-12(14-9)18-6-11(17)13-8(3)4/h5,7-8H,6H2,1-4H3,(H,13,17)(H,14,15,16). The molecule has 1 aromatic rings.